The second-order valence-corrected chi connectivity index (χ2v) is 4.77. The van der Waals surface area contributed by atoms with Gasteiger partial charge in [0.05, 0.1) is 6.42 Å². The number of rotatable bonds is 3. The monoisotopic (exact) mass is 233 g/mol. The molecule has 17 heavy (non-hydrogen) atoms. The van der Waals surface area contributed by atoms with Gasteiger partial charge in [-0.05, 0) is 37.4 Å². The van der Waals surface area contributed by atoms with Crippen LogP contribution in [0.15, 0.2) is 24.5 Å². The van der Waals surface area contributed by atoms with Crippen LogP contribution >= 0.6 is 0 Å². The smallest absolute Gasteiger partial charge is 0.227 e. The number of amides is 1. The molecular formula is C13H19N3O. The third kappa shape index (κ3) is 2.82. The molecule has 2 unspecified atom stereocenters. The lowest BCUT2D eigenvalue weighted by Crippen LogP contribution is -2.35. The zero-order valence-electron chi connectivity index (χ0n) is 10.2. The molecule has 1 saturated heterocycles. The highest BCUT2D eigenvalue weighted by molar-refractivity contribution is 5.79. The lowest BCUT2D eigenvalue weighted by atomic mass is 10.1. The standard InChI is InChI=1S/C13H19N3O/c1-10-5-12(7-14)9-16(10)13(17)6-11-3-2-4-15-8-11/h2-4,8,10,12H,5-7,9,14H2,1H3. The van der Waals surface area contributed by atoms with Crippen LogP contribution in [0, 0.1) is 5.92 Å². The number of nitrogens with two attached hydrogens (primary N) is 1. The van der Waals surface area contributed by atoms with E-state index < -0.39 is 0 Å². The number of hydrogen-bond donors (Lipinski definition) is 1. The normalized spacial score (nSPS) is 24.0. The van der Waals surface area contributed by atoms with Crippen LogP contribution in [0.1, 0.15) is 18.9 Å². The Morgan fingerprint density at radius 2 is 2.47 bits per heavy atom. The van der Waals surface area contributed by atoms with E-state index in [0.717, 1.165) is 18.5 Å². The van der Waals surface area contributed by atoms with E-state index in [1.165, 1.54) is 0 Å². The molecule has 1 aromatic heterocycles. The van der Waals surface area contributed by atoms with Gasteiger partial charge in [-0.25, -0.2) is 0 Å². The van der Waals surface area contributed by atoms with Gasteiger partial charge in [0.25, 0.3) is 0 Å². The second kappa shape index (κ2) is 5.27. The lowest BCUT2D eigenvalue weighted by Gasteiger charge is -2.21. The van der Waals surface area contributed by atoms with Crippen LogP contribution in [-0.2, 0) is 11.2 Å². The van der Waals surface area contributed by atoms with E-state index in [2.05, 4.69) is 11.9 Å². The Kier molecular flexibility index (Phi) is 3.74. The van der Waals surface area contributed by atoms with Crippen LogP contribution in [0.3, 0.4) is 0 Å². The maximum atomic E-state index is 12.1. The molecule has 2 atom stereocenters. The first-order valence-corrected chi connectivity index (χ1v) is 6.09. The van der Waals surface area contributed by atoms with Crippen molar-refractivity contribution < 1.29 is 4.79 Å². The molecule has 4 heteroatoms. The maximum Gasteiger partial charge on any atom is 0.227 e. The van der Waals surface area contributed by atoms with E-state index >= 15 is 0 Å². The fourth-order valence-corrected chi connectivity index (χ4v) is 2.44. The quantitative estimate of drug-likeness (QED) is 0.841. The van der Waals surface area contributed by atoms with Crippen LogP contribution in [0.2, 0.25) is 0 Å². The second-order valence-electron chi connectivity index (χ2n) is 4.77. The van der Waals surface area contributed by atoms with Gasteiger partial charge in [-0.1, -0.05) is 6.07 Å². The SMILES string of the molecule is CC1CC(CN)CN1C(=O)Cc1cccnc1. The van der Waals surface area contributed by atoms with Gasteiger partial charge in [-0.15, -0.1) is 0 Å². The van der Waals surface area contributed by atoms with Crippen LogP contribution in [0.5, 0.6) is 0 Å². The lowest BCUT2D eigenvalue weighted by molar-refractivity contribution is -0.131. The summed E-state index contributed by atoms with van der Waals surface area (Å²) in [7, 11) is 0. The minimum Gasteiger partial charge on any atom is -0.339 e. The zero-order valence-corrected chi connectivity index (χ0v) is 10.2. The van der Waals surface area contributed by atoms with Crippen molar-refractivity contribution in [2.75, 3.05) is 13.1 Å². The van der Waals surface area contributed by atoms with Crippen LogP contribution in [0.25, 0.3) is 0 Å². The first kappa shape index (κ1) is 12.0. The summed E-state index contributed by atoms with van der Waals surface area (Å²) >= 11 is 0. The predicted octanol–water partition coefficient (Wildman–Crippen LogP) is 0.820. The fourth-order valence-electron chi connectivity index (χ4n) is 2.44. The number of carbonyl (C=O) groups excluding carboxylic acids is 1. The number of carbonyl (C=O) groups is 1. The molecule has 2 N–H and O–H groups in total. The molecule has 0 spiro atoms. The number of aromatic nitrogens is 1. The van der Waals surface area contributed by atoms with E-state index in [9.17, 15) is 4.79 Å². The molecule has 0 saturated carbocycles. The number of hydrogen-bond acceptors (Lipinski definition) is 3. The summed E-state index contributed by atoms with van der Waals surface area (Å²) in [4.78, 5) is 18.1. The summed E-state index contributed by atoms with van der Waals surface area (Å²) in [5.74, 6) is 0.643. The van der Waals surface area contributed by atoms with Gasteiger partial charge in [0, 0.05) is 25.0 Å². The summed E-state index contributed by atoms with van der Waals surface area (Å²) in [6, 6.07) is 4.11. The van der Waals surface area contributed by atoms with Crippen molar-refractivity contribution in [2.45, 2.75) is 25.8 Å². The molecule has 1 aliphatic rings. The highest BCUT2D eigenvalue weighted by Crippen LogP contribution is 2.22. The van der Waals surface area contributed by atoms with Crippen molar-refractivity contribution in [1.29, 1.82) is 0 Å². The third-order valence-corrected chi connectivity index (χ3v) is 3.39. The van der Waals surface area contributed by atoms with Crippen molar-refractivity contribution >= 4 is 5.91 Å². The van der Waals surface area contributed by atoms with E-state index in [4.69, 9.17) is 5.73 Å². The minimum absolute atomic E-state index is 0.182. The van der Waals surface area contributed by atoms with Crippen LogP contribution in [0.4, 0.5) is 0 Å². The Morgan fingerprint density at radius 1 is 1.65 bits per heavy atom. The van der Waals surface area contributed by atoms with Crippen LogP contribution < -0.4 is 5.73 Å². The molecule has 1 aliphatic heterocycles. The van der Waals surface area contributed by atoms with Gasteiger partial charge in [0.1, 0.15) is 0 Å². The van der Waals surface area contributed by atoms with E-state index in [-0.39, 0.29) is 5.91 Å². The Hall–Kier alpha value is -1.42. The Balaban J connectivity index is 1.97. The molecular weight excluding hydrogens is 214 g/mol. The molecule has 2 rings (SSSR count). The molecule has 0 radical (unpaired) electrons. The van der Waals surface area contributed by atoms with E-state index in [0.29, 0.717) is 24.9 Å². The number of likely N-dealkylation sites (tertiary alicyclic amines) is 1. The summed E-state index contributed by atoms with van der Waals surface area (Å²) in [5, 5.41) is 0. The molecule has 1 aromatic rings. The largest absolute Gasteiger partial charge is 0.339 e. The van der Waals surface area contributed by atoms with Crippen molar-refractivity contribution in [3.8, 4) is 0 Å². The molecule has 0 aromatic carbocycles. The Morgan fingerprint density at radius 3 is 3.06 bits per heavy atom. The van der Waals surface area contributed by atoms with Crippen LogP contribution in [-0.4, -0.2) is 34.9 Å². The van der Waals surface area contributed by atoms with Crippen molar-refractivity contribution in [3.05, 3.63) is 30.1 Å². The fraction of sp³-hybridized carbons (Fsp3) is 0.538. The average molecular weight is 233 g/mol. The average Bonchev–Trinajstić information content (AvgIpc) is 2.72. The van der Waals surface area contributed by atoms with Crippen molar-refractivity contribution in [1.82, 2.24) is 9.88 Å². The molecule has 2 heterocycles. The van der Waals surface area contributed by atoms with Gasteiger partial charge in [0.2, 0.25) is 5.91 Å². The van der Waals surface area contributed by atoms with E-state index in [1.807, 2.05) is 17.0 Å². The topological polar surface area (TPSA) is 59.2 Å². The molecule has 4 nitrogen and oxygen atoms in total. The summed E-state index contributed by atoms with van der Waals surface area (Å²) in [5.41, 5.74) is 6.64. The Labute approximate surface area is 102 Å². The summed E-state index contributed by atoms with van der Waals surface area (Å²) < 4.78 is 0. The molecule has 1 fully saturated rings. The predicted molar refractivity (Wildman–Crippen MR) is 66.3 cm³/mol. The van der Waals surface area contributed by atoms with Crippen molar-refractivity contribution in [3.63, 3.8) is 0 Å². The van der Waals surface area contributed by atoms with Gasteiger partial charge >= 0.3 is 0 Å². The summed E-state index contributed by atoms with van der Waals surface area (Å²) in [6.45, 7) is 3.56. The van der Waals surface area contributed by atoms with E-state index in [1.54, 1.807) is 12.4 Å². The molecule has 92 valence electrons. The molecule has 1 amide bonds. The highest BCUT2D eigenvalue weighted by Gasteiger charge is 2.31. The summed E-state index contributed by atoms with van der Waals surface area (Å²) in [6.07, 6.45) is 4.93. The highest BCUT2D eigenvalue weighted by atomic mass is 16.2. The Bertz CT molecular complexity index is 380. The number of nitrogens with zero attached hydrogens (tertiary/aromatic N) is 2. The van der Waals surface area contributed by atoms with Gasteiger partial charge in [-0.3, -0.25) is 9.78 Å². The van der Waals surface area contributed by atoms with Gasteiger partial charge in [0.15, 0.2) is 0 Å². The molecule has 0 bridgehead atoms. The van der Waals surface area contributed by atoms with Gasteiger partial charge < -0.3 is 10.6 Å². The zero-order chi connectivity index (χ0) is 12.3. The number of pyridine rings is 1. The minimum atomic E-state index is 0.182. The van der Waals surface area contributed by atoms with Gasteiger partial charge in [-0.2, -0.15) is 0 Å². The first-order valence-electron chi connectivity index (χ1n) is 6.09. The first-order chi connectivity index (χ1) is 8.20. The van der Waals surface area contributed by atoms with Crippen molar-refractivity contribution in [2.24, 2.45) is 11.7 Å². The maximum absolute atomic E-state index is 12.1. The molecule has 0 aliphatic carbocycles. The third-order valence-electron chi connectivity index (χ3n) is 3.39.